The zero-order chi connectivity index (χ0) is 22.5. The van der Waals surface area contributed by atoms with Crippen molar-refractivity contribution >= 4 is 5.97 Å². The summed E-state index contributed by atoms with van der Waals surface area (Å²) in [5, 5.41) is 0. The van der Waals surface area contributed by atoms with Crippen LogP contribution in [0.3, 0.4) is 0 Å². The van der Waals surface area contributed by atoms with Gasteiger partial charge in [0.25, 0.3) is 0 Å². The Bertz CT molecular complexity index is 715. The van der Waals surface area contributed by atoms with E-state index in [4.69, 9.17) is 33.2 Å². The largest absolute Gasteiger partial charge is 0.469 e. The van der Waals surface area contributed by atoms with Crippen LogP contribution in [0.5, 0.6) is 0 Å². The first-order valence-corrected chi connectivity index (χ1v) is 13.1. The van der Waals surface area contributed by atoms with E-state index in [2.05, 4.69) is 0 Å². The smallest absolute Gasteiger partial charge is 0.308 e. The Labute approximate surface area is 195 Å². The molecule has 0 unspecified atom stereocenters. The number of rotatable bonds is 3. The van der Waals surface area contributed by atoms with Crippen molar-refractivity contribution in [3.8, 4) is 0 Å². The Hall–Kier alpha value is -0.770. The molecule has 0 aromatic heterocycles. The fourth-order valence-electron chi connectivity index (χ4n) is 6.91. The maximum atomic E-state index is 11.9. The second-order valence-electron chi connectivity index (χ2n) is 10.8. The van der Waals surface area contributed by atoms with Crippen molar-refractivity contribution in [3.05, 3.63) is 0 Å². The summed E-state index contributed by atoms with van der Waals surface area (Å²) >= 11 is 0. The summed E-state index contributed by atoms with van der Waals surface area (Å²) in [6.07, 6.45) is 11.1. The van der Waals surface area contributed by atoms with Crippen LogP contribution in [0.4, 0.5) is 0 Å². The van der Waals surface area contributed by atoms with Gasteiger partial charge in [0.1, 0.15) is 30.5 Å². The lowest BCUT2D eigenvalue weighted by Gasteiger charge is -2.47. The molecule has 2 aliphatic carbocycles. The predicted molar refractivity (Wildman–Crippen MR) is 115 cm³/mol. The van der Waals surface area contributed by atoms with Crippen LogP contribution in [-0.4, -0.2) is 74.0 Å². The van der Waals surface area contributed by atoms with Gasteiger partial charge in [0.2, 0.25) is 0 Å². The summed E-state index contributed by atoms with van der Waals surface area (Å²) in [6.45, 7) is 0.535. The van der Waals surface area contributed by atoms with Crippen molar-refractivity contribution in [3.63, 3.8) is 0 Å². The van der Waals surface area contributed by atoms with E-state index in [1.807, 2.05) is 0 Å². The van der Waals surface area contributed by atoms with Gasteiger partial charge < -0.3 is 33.2 Å². The SMILES string of the molecule is COC(=O)C[C@H]1CC[C@@H]2O[C@@H]([C@@H]3COC4(CCCCC4)O3)[C@H]3OC4(CCCCC4)O[C@H]3[C@H]2O1. The van der Waals surface area contributed by atoms with E-state index in [0.717, 1.165) is 64.2 Å². The molecule has 33 heavy (non-hydrogen) atoms. The van der Waals surface area contributed by atoms with Crippen LogP contribution < -0.4 is 0 Å². The fraction of sp³-hybridized carbons (Fsp3) is 0.960. The van der Waals surface area contributed by atoms with Gasteiger partial charge in [-0.15, -0.1) is 0 Å². The summed E-state index contributed by atoms with van der Waals surface area (Å²) in [5.41, 5.74) is 0. The summed E-state index contributed by atoms with van der Waals surface area (Å²) in [6, 6.07) is 0. The standard InChI is InChI=1S/C25H38O8/c1-27-19(26)14-16-8-9-17-20(29-16)22-23(33-25(32-22)12-6-3-7-13-25)21(30-17)18-15-28-24(31-18)10-4-2-5-11-24/h16-18,20-23H,2-15H2,1H3/t16-,17+,18+,20+,21+,22+,23-/m1/s1. The summed E-state index contributed by atoms with van der Waals surface area (Å²) in [5.74, 6) is -1.24. The normalized spacial score (nSPS) is 43.8. The number of ether oxygens (including phenoxy) is 7. The van der Waals surface area contributed by atoms with E-state index in [1.54, 1.807) is 0 Å². The zero-order valence-electron chi connectivity index (χ0n) is 19.7. The molecule has 0 aromatic rings. The molecule has 8 heteroatoms. The first-order chi connectivity index (χ1) is 16.1. The maximum absolute atomic E-state index is 11.9. The summed E-state index contributed by atoms with van der Waals surface area (Å²) < 4.78 is 44.3. The molecule has 6 rings (SSSR count). The summed E-state index contributed by atoms with van der Waals surface area (Å²) in [4.78, 5) is 11.9. The number of esters is 1. The first kappa shape index (κ1) is 22.7. The maximum Gasteiger partial charge on any atom is 0.308 e. The molecule has 8 nitrogen and oxygen atoms in total. The number of carbonyl (C=O) groups excluding carboxylic acids is 1. The second kappa shape index (κ2) is 9.03. The highest BCUT2D eigenvalue weighted by molar-refractivity contribution is 5.69. The topological polar surface area (TPSA) is 81.7 Å². The Balaban J connectivity index is 1.22. The highest BCUT2D eigenvalue weighted by atomic mass is 16.8. The predicted octanol–water partition coefficient (Wildman–Crippen LogP) is 3.38. The Morgan fingerprint density at radius 3 is 2.06 bits per heavy atom. The molecule has 0 radical (unpaired) electrons. The van der Waals surface area contributed by atoms with Gasteiger partial charge in [-0.25, -0.2) is 0 Å². The van der Waals surface area contributed by atoms with Gasteiger partial charge in [-0.2, -0.15) is 0 Å². The van der Waals surface area contributed by atoms with Crippen molar-refractivity contribution in [2.75, 3.05) is 13.7 Å². The number of carbonyl (C=O) groups is 1. The number of hydrogen-bond acceptors (Lipinski definition) is 8. The molecule has 0 amide bonds. The molecule has 6 aliphatic rings. The van der Waals surface area contributed by atoms with Gasteiger partial charge in [-0.05, 0) is 38.5 Å². The molecule has 4 aliphatic heterocycles. The second-order valence-corrected chi connectivity index (χ2v) is 10.8. The quantitative estimate of drug-likeness (QED) is 0.586. The van der Waals surface area contributed by atoms with Crippen molar-refractivity contribution in [2.45, 2.75) is 138 Å². The molecule has 2 spiro atoms. The van der Waals surface area contributed by atoms with Crippen LogP contribution in [0.15, 0.2) is 0 Å². The lowest BCUT2D eigenvalue weighted by Crippen LogP contribution is -2.62. The van der Waals surface area contributed by atoms with Gasteiger partial charge in [0.05, 0.1) is 32.3 Å². The summed E-state index contributed by atoms with van der Waals surface area (Å²) in [7, 11) is 1.42. The minimum atomic E-state index is -0.551. The van der Waals surface area contributed by atoms with Crippen LogP contribution in [0.25, 0.3) is 0 Å². The van der Waals surface area contributed by atoms with Gasteiger partial charge >= 0.3 is 5.97 Å². The van der Waals surface area contributed by atoms with Crippen molar-refractivity contribution in [1.29, 1.82) is 0 Å². The van der Waals surface area contributed by atoms with E-state index in [0.29, 0.717) is 6.61 Å². The Morgan fingerprint density at radius 2 is 1.39 bits per heavy atom. The minimum absolute atomic E-state index is 0.0982. The molecule has 4 saturated heterocycles. The lowest BCUT2D eigenvalue weighted by atomic mass is 9.87. The minimum Gasteiger partial charge on any atom is -0.469 e. The van der Waals surface area contributed by atoms with Crippen molar-refractivity contribution in [2.24, 2.45) is 0 Å². The van der Waals surface area contributed by atoms with E-state index < -0.39 is 11.6 Å². The molecule has 7 atom stereocenters. The van der Waals surface area contributed by atoms with Crippen LogP contribution >= 0.6 is 0 Å². The van der Waals surface area contributed by atoms with Crippen LogP contribution in [0.2, 0.25) is 0 Å². The third-order valence-corrected chi connectivity index (χ3v) is 8.59. The van der Waals surface area contributed by atoms with Crippen molar-refractivity contribution < 1.29 is 38.0 Å². The molecule has 4 heterocycles. The molecule has 186 valence electrons. The molecule has 6 fully saturated rings. The Morgan fingerprint density at radius 1 is 0.758 bits per heavy atom. The number of hydrogen-bond donors (Lipinski definition) is 0. The van der Waals surface area contributed by atoms with E-state index in [-0.39, 0.29) is 55.1 Å². The molecule has 0 aromatic carbocycles. The van der Waals surface area contributed by atoms with E-state index in [1.165, 1.54) is 20.0 Å². The third-order valence-electron chi connectivity index (χ3n) is 8.59. The highest BCUT2D eigenvalue weighted by Gasteiger charge is 2.62. The monoisotopic (exact) mass is 466 g/mol. The van der Waals surface area contributed by atoms with Gasteiger partial charge in [0.15, 0.2) is 11.6 Å². The highest BCUT2D eigenvalue weighted by Crippen LogP contribution is 2.49. The van der Waals surface area contributed by atoms with E-state index >= 15 is 0 Å². The van der Waals surface area contributed by atoms with Crippen LogP contribution in [0.1, 0.15) is 83.5 Å². The molecule has 0 bridgehead atoms. The van der Waals surface area contributed by atoms with Crippen LogP contribution in [0, 0.1) is 0 Å². The lowest BCUT2D eigenvalue weighted by molar-refractivity contribution is -0.264. The first-order valence-electron chi connectivity index (χ1n) is 13.1. The van der Waals surface area contributed by atoms with Crippen molar-refractivity contribution in [1.82, 2.24) is 0 Å². The molecule has 2 saturated carbocycles. The fourth-order valence-corrected chi connectivity index (χ4v) is 6.91. The average Bonchev–Trinajstić information content (AvgIpc) is 3.41. The molecule has 0 N–H and O–H groups in total. The molecular formula is C25H38O8. The van der Waals surface area contributed by atoms with Gasteiger partial charge in [0, 0.05) is 25.7 Å². The van der Waals surface area contributed by atoms with Gasteiger partial charge in [-0.1, -0.05) is 12.8 Å². The average molecular weight is 467 g/mol. The van der Waals surface area contributed by atoms with E-state index in [9.17, 15) is 4.79 Å². The number of fused-ring (bicyclic) bond motifs is 3. The van der Waals surface area contributed by atoms with Crippen LogP contribution in [-0.2, 0) is 38.0 Å². The van der Waals surface area contributed by atoms with Gasteiger partial charge in [-0.3, -0.25) is 4.79 Å². The Kier molecular flexibility index (Phi) is 6.20. The zero-order valence-corrected chi connectivity index (χ0v) is 19.7. The third kappa shape index (κ3) is 4.25. The molecular weight excluding hydrogens is 428 g/mol. The number of methoxy groups -OCH3 is 1.